The predicted molar refractivity (Wildman–Crippen MR) is 43.7 cm³/mol. The minimum Gasteiger partial charge on any atom is -0.319 e. The van der Waals surface area contributed by atoms with Gasteiger partial charge in [0.2, 0.25) is 0 Å². The van der Waals surface area contributed by atoms with Crippen LogP contribution in [0.5, 0.6) is 0 Å². The van der Waals surface area contributed by atoms with Crippen LogP contribution in [0.15, 0.2) is 10.9 Å². The molecule has 8 heteroatoms. The SMILES string of the molecule is O=c1cc([N+](=O)[O-])c(Cl)c(C(F)F)[nH]1. The van der Waals surface area contributed by atoms with Gasteiger partial charge in [0.1, 0.15) is 10.7 Å². The number of halogens is 3. The number of rotatable bonds is 2. The molecule has 0 unspecified atom stereocenters. The molecule has 1 aromatic rings. The van der Waals surface area contributed by atoms with Crippen molar-refractivity contribution in [3.8, 4) is 0 Å². The van der Waals surface area contributed by atoms with Crippen LogP contribution < -0.4 is 5.56 Å². The molecule has 0 amide bonds. The minimum absolute atomic E-state index is 0.550. The summed E-state index contributed by atoms with van der Waals surface area (Å²) in [5, 5.41) is 9.53. The monoisotopic (exact) mass is 224 g/mol. The van der Waals surface area contributed by atoms with Crippen LogP contribution in [0.4, 0.5) is 14.5 Å². The number of nitro groups is 1. The minimum atomic E-state index is -3.06. The van der Waals surface area contributed by atoms with E-state index in [-0.39, 0.29) is 0 Å². The summed E-state index contributed by atoms with van der Waals surface area (Å²) in [5.41, 5.74) is -2.76. The third-order valence-corrected chi connectivity index (χ3v) is 1.80. The molecule has 0 aliphatic heterocycles. The van der Waals surface area contributed by atoms with Gasteiger partial charge in [-0.1, -0.05) is 11.6 Å². The van der Waals surface area contributed by atoms with Gasteiger partial charge in [-0.2, -0.15) is 0 Å². The number of hydrogen-bond donors (Lipinski definition) is 1. The summed E-state index contributed by atoms with van der Waals surface area (Å²) in [6.07, 6.45) is -3.06. The van der Waals surface area contributed by atoms with Crippen molar-refractivity contribution in [3.05, 3.63) is 37.3 Å². The fourth-order valence-electron chi connectivity index (χ4n) is 0.832. The standard InChI is InChI=1S/C6H3ClF2N2O3/c7-4-2(11(13)14)1-3(12)10-5(4)6(8)9/h1,6H,(H,10,12). The molecule has 1 N–H and O–H groups in total. The van der Waals surface area contributed by atoms with Gasteiger partial charge in [0.25, 0.3) is 17.7 Å². The van der Waals surface area contributed by atoms with Crippen LogP contribution in [-0.4, -0.2) is 9.91 Å². The number of aromatic nitrogens is 1. The van der Waals surface area contributed by atoms with Gasteiger partial charge < -0.3 is 4.98 Å². The highest BCUT2D eigenvalue weighted by molar-refractivity contribution is 6.33. The van der Waals surface area contributed by atoms with Crippen molar-refractivity contribution in [2.75, 3.05) is 0 Å². The van der Waals surface area contributed by atoms with Crippen molar-refractivity contribution < 1.29 is 13.7 Å². The molecule has 0 fully saturated rings. The summed E-state index contributed by atoms with van der Waals surface area (Å²) in [6, 6.07) is 0.550. The van der Waals surface area contributed by atoms with Crippen LogP contribution >= 0.6 is 11.6 Å². The zero-order valence-electron chi connectivity index (χ0n) is 6.46. The molecule has 0 aliphatic carbocycles. The highest BCUT2D eigenvalue weighted by atomic mass is 35.5. The topological polar surface area (TPSA) is 76.0 Å². The third-order valence-electron chi connectivity index (χ3n) is 1.40. The summed E-state index contributed by atoms with van der Waals surface area (Å²) in [6.45, 7) is 0. The van der Waals surface area contributed by atoms with Crippen molar-refractivity contribution in [3.63, 3.8) is 0 Å². The summed E-state index contributed by atoms with van der Waals surface area (Å²) < 4.78 is 24.3. The Morgan fingerprint density at radius 2 is 2.14 bits per heavy atom. The zero-order chi connectivity index (χ0) is 10.9. The van der Waals surface area contributed by atoms with Crippen molar-refractivity contribution in [2.45, 2.75) is 6.43 Å². The van der Waals surface area contributed by atoms with Gasteiger partial charge in [0.15, 0.2) is 0 Å². The van der Waals surface area contributed by atoms with E-state index in [9.17, 15) is 23.7 Å². The highest BCUT2D eigenvalue weighted by Crippen LogP contribution is 2.30. The molecule has 0 aliphatic rings. The lowest BCUT2D eigenvalue weighted by molar-refractivity contribution is -0.385. The number of pyridine rings is 1. The summed E-state index contributed by atoms with van der Waals surface area (Å²) >= 11 is 5.28. The molecule has 0 saturated heterocycles. The van der Waals surface area contributed by atoms with Crippen molar-refractivity contribution in [1.29, 1.82) is 0 Å². The first-order valence-corrected chi connectivity index (χ1v) is 3.66. The number of alkyl halides is 2. The molecule has 76 valence electrons. The average molecular weight is 225 g/mol. The highest BCUT2D eigenvalue weighted by Gasteiger charge is 2.22. The molecule has 5 nitrogen and oxygen atoms in total. The Morgan fingerprint density at radius 3 is 2.57 bits per heavy atom. The Kier molecular flexibility index (Phi) is 2.80. The molecule has 1 rings (SSSR count). The van der Waals surface area contributed by atoms with E-state index in [0.717, 1.165) is 0 Å². The quantitative estimate of drug-likeness (QED) is 0.615. The van der Waals surface area contributed by atoms with Crippen LogP contribution in [0.1, 0.15) is 12.1 Å². The molecule has 0 saturated carbocycles. The van der Waals surface area contributed by atoms with Crippen molar-refractivity contribution >= 4 is 17.3 Å². The number of hydrogen-bond acceptors (Lipinski definition) is 3. The Morgan fingerprint density at radius 1 is 1.57 bits per heavy atom. The fraction of sp³-hybridized carbons (Fsp3) is 0.167. The zero-order valence-corrected chi connectivity index (χ0v) is 7.22. The lowest BCUT2D eigenvalue weighted by Crippen LogP contribution is -2.10. The smallest absolute Gasteiger partial charge is 0.295 e. The van der Waals surface area contributed by atoms with Gasteiger partial charge in [-0.25, -0.2) is 8.78 Å². The van der Waals surface area contributed by atoms with Crippen molar-refractivity contribution in [2.24, 2.45) is 0 Å². The first-order valence-electron chi connectivity index (χ1n) is 3.28. The van der Waals surface area contributed by atoms with E-state index < -0.39 is 33.3 Å². The van der Waals surface area contributed by atoms with Crippen LogP contribution in [0.25, 0.3) is 0 Å². The molecular formula is C6H3ClF2N2O3. The van der Waals surface area contributed by atoms with E-state index in [4.69, 9.17) is 11.6 Å². The number of H-pyrrole nitrogens is 1. The first kappa shape index (κ1) is 10.6. The summed E-state index contributed by atoms with van der Waals surface area (Å²) in [5.74, 6) is 0. The predicted octanol–water partition coefficient (Wildman–Crippen LogP) is 1.87. The van der Waals surface area contributed by atoms with Gasteiger partial charge in [-0.3, -0.25) is 14.9 Å². The largest absolute Gasteiger partial charge is 0.319 e. The van der Waals surface area contributed by atoms with E-state index in [1.807, 2.05) is 0 Å². The van der Waals surface area contributed by atoms with E-state index in [0.29, 0.717) is 6.07 Å². The second-order valence-corrected chi connectivity index (χ2v) is 2.68. The molecule has 0 radical (unpaired) electrons. The Balaban J connectivity index is 3.48. The van der Waals surface area contributed by atoms with E-state index in [1.165, 1.54) is 0 Å². The molecular weight excluding hydrogens is 222 g/mol. The Hall–Kier alpha value is -1.50. The maximum absolute atomic E-state index is 12.2. The third kappa shape index (κ3) is 1.87. The molecule has 0 spiro atoms. The first-order chi connectivity index (χ1) is 6.43. The molecule has 0 aromatic carbocycles. The number of aromatic amines is 1. The van der Waals surface area contributed by atoms with Gasteiger partial charge in [0, 0.05) is 0 Å². The number of nitrogens with one attached hydrogen (secondary N) is 1. The average Bonchev–Trinajstić information content (AvgIpc) is 2.07. The van der Waals surface area contributed by atoms with Gasteiger partial charge in [-0.05, 0) is 0 Å². The summed E-state index contributed by atoms with van der Waals surface area (Å²) in [7, 11) is 0. The molecule has 1 aromatic heterocycles. The van der Waals surface area contributed by atoms with Crippen molar-refractivity contribution in [1.82, 2.24) is 4.98 Å². The second kappa shape index (κ2) is 3.70. The van der Waals surface area contributed by atoms with Crippen LogP contribution in [0, 0.1) is 10.1 Å². The van der Waals surface area contributed by atoms with Crippen LogP contribution in [-0.2, 0) is 0 Å². The molecule has 1 heterocycles. The summed E-state index contributed by atoms with van der Waals surface area (Å²) in [4.78, 5) is 21.7. The normalized spacial score (nSPS) is 10.6. The lowest BCUT2D eigenvalue weighted by atomic mass is 10.3. The maximum atomic E-state index is 12.2. The second-order valence-electron chi connectivity index (χ2n) is 2.30. The van der Waals surface area contributed by atoms with Gasteiger partial charge in [0.05, 0.1) is 11.0 Å². The van der Waals surface area contributed by atoms with E-state index >= 15 is 0 Å². The molecule has 0 atom stereocenters. The van der Waals surface area contributed by atoms with E-state index in [1.54, 1.807) is 4.98 Å². The fourth-order valence-corrected chi connectivity index (χ4v) is 1.09. The lowest BCUT2D eigenvalue weighted by Gasteiger charge is -2.01. The molecule has 14 heavy (non-hydrogen) atoms. The molecule has 0 bridgehead atoms. The van der Waals surface area contributed by atoms with Crippen LogP contribution in [0.3, 0.4) is 0 Å². The van der Waals surface area contributed by atoms with Gasteiger partial charge in [-0.15, -0.1) is 0 Å². The Bertz CT molecular complexity index is 432. The van der Waals surface area contributed by atoms with Crippen LogP contribution in [0.2, 0.25) is 5.02 Å². The van der Waals surface area contributed by atoms with Gasteiger partial charge >= 0.3 is 0 Å². The Labute approximate surface area is 80.5 Å². The van der Waals surface area contributed by atoms with E-state index in [2.05, 4.69) is 0 Å². The maximum Gasteiger partial charge on any atom is 0.295 e. The number of nitrogens with zero attached hydrogens (tertiary/aromatic N) is 1.